The second-order valence-corrected chi connectivity index (χ2v) is 9.89. The maximum Gasteiger partial charge on any atom is 0.254 e. The van der Waals surface area contributed by atoms with E-state index in [-0.39, 0.29) is 16.7 Å². The first kappa shape index (κ1) is 20.9. The molecule has 1 spiro atoms. The topological polar surface area (TPSA) is 40.6 Å². The van der Waals surface area contributed by atoms with Gasteiger partial charge in [0.1, 0.15) is 0 Å². The Morgan fingerprint density at radius 1 is 0.828 bits per heavy atom. The Bertz CT molecular complexity index is 943. The smallest absolute Gasteiger partial charge is 0.254 e. The molecular weight excluding hydrogens is 451 g/mol. The van der Waals surface area contributed by atoms with E-state index in [1.54, 1.807) is 42.5 Å². The molecule has 0 atom stereocenters. The van der Waals surface area contributed by atoms with Gasteiger partial charge in [0.2, 0.25) is 0 Å². The van der Waals surface area contributed by atoms with Crippen LogP contribution in [-0.4, -0.2) is 51.9 Å². The van der Waals surface area contributed by atoms with E-state index in [0.29, 0.717) is 45.8 Å². The Morgan fingerprint density at radius 2 is 1.48 bits per heavy atom. The van der Waals surface area contributed by atoms with Crippen LogP contribution in [0, 0.1) is 0 Å². The second kappa shape index (κ2) is 8.38. The van der Waals surface area contributed by atoms with Crippen molar-refractivity contribution in [2.75, 3.05) is 25.4 Å². The van der Waals surface area contributed by atoms with Crippen LogP contribution < -0.4 is 0 Å². The summed E-state index contributed by atoms with van der Waals surface area (Å²) in [5.74, 6) is 0.869. The molecule has 152 valence electrons. The quantitative estimate of drug-likeness (QED) is 0.586. The van der Waals surface area contributed by atoms with Crippen LogP contribution in [0.5, 0.6) is 0 Å². The van der Waals surface area contributed by atoms with Gasteiger partial charge < -0.3 is 9.80 Å². The average Bonchev–Trinajstić information content (AvgIpc) is 3.13. The number of thioether (sulfide) groups is 1. The molecule has 2 fully saturated rings. The number of rotatable bonds is 2. The van der Waals surface area contributed by atoms with Crippen molar-refractivity contribution >= 4 is 58.4 Å². The first-order chi connectivity index (χ1) is 13.9. The number of halogens is 3. The largest absolute Gasteiger partial charge is 0.338 e. The number of piperidine rings is 1. The van der Waals surface area contributed by atoms with Crippen LogP contribution in [0.2, 0.25) is 15.1 Å². The lowest BCUT2D eigenvalue weighted by atomic mass is 10.00. The highest BCUT2D eigenvalue weighted by atomic mass is 35.5. The van der Waals surface area contributed by atoms with Gasteiger partial charge in [-0.05, 0) is 55.3 Å². The minimum Gasteiger partial charge on any atom is -0.338 e. The molecule has 2 saturated heterocycles. The van der Waals surface area contributed by atoms with Gasteiger partial charge in [0.25, 0.3) is 11.8 Å². The van der Waals surface area contributed by atoms with Crippen molar-refractivity contribution in [2.24, 2.45) is 0 Å². The minimum atomic E-state index is -0.259. The van der Waals surface area contributed by atoms with E-state index < -0.39 is 0 Å². The zero-order valence-corrected chi connectivity index (χ0v) is 18.6. The van der Waals surface area contributed by atoms with E-state index in [9.17, 15) is 9.59 Å². The van der Waals surface area contributed by atoms with Crippen molar-refractivity contribution in [3.05, 3.63) is 68.7 Å². The number of carbonyl (C=O) groups excluding carboxylic acids is 2. The summed E-state index contributed by atoms with van der Waals surface area (Å²) in [7, 11) is 0. The van der Waals surface area contributed by atoms with Crippen molar-refractivity contribution in [3.8, 4) is 0 Å². The monoisotopic (exact) mass is 468 g/mol. The third kappa shape index (κ3) is 4.11. The SMILES string of the molecule is O=C(c1ccc(Cl)c(Cl)c1)N1CCC2(CC1)SCCN2C(=O)c1ccc(Cl)cc1. The molecule has 0 saturated carbocycles. The maximum atomic E-state index is 13.1. The summed E-state index contributed by atoms with van der Waals surface area (Å²) in [6.45, 7) is 1.90. The Kier molecular flexibility index (Phi) is 6.03. The average molecular weight is 470 g/mol. The van der Waals surface area contributed by atoms with Crippen LogP contribution in [-0.2, 0) is 0 Å². The van der Waals surface area contributed by atoms with Gasteiger partial charge >= 0.3 is 0 Å². The number of nitrogens with zero attached hydrogens (tertiary/aromatic N) is 2. The fourth-order valence-electron chi connectivity index (χ4n) is 3.93. The standard InChI is InChI=1S/C21H19Cl3N2O2S/c22-16-4-1-14(2-5-16)20(28)26-11-12-29-21(26)7-9-25(10-8-21)19(27)15-3-6-17(23)18(24)13-15/h1-6,13H,7-12H2. The van der Waals surface area contributed by atoms with E-state index >= 15 is 0 Å². The second-order valence-electron chi connectivity index (χ2n) is 7.18. The minimum absolute atomic E-state index is 0.0240. The maximum absolute atomic E-state index is 13.1. The van der Waals surface area contributed by atoms with Crippen molar-refractivity contribution in [3.63, 3.8) is 0 Å². The van der Waals surface area contributed by atoms with Crippen molar-refractivity contribution < 1.29 is 9.59 Å². The third-order valence-electron chi connectivity index (χ3n) is 5.51. The summed E-state index contributed by atoms with van der Waals surface area (Å²) >= 11 is 19.8. The van der Waals surface area contributed by atoms with Gasteiger partial charge in [0.15, 0.2) is 0 Å². The molecule has 0 N–H and O–H groups in total. The fourth-order valence-corrected chi connectivity index (χ4v) is 5.81. The lowest BCUT2D eigenvalue weighted by molar-refractivity contribution is 0.0498. The zero-order chi connectivity index (χ0) is 20.6. The molecule has 2 aliphatic rings. The lowest BCUT2D eigenvalue weighted by Gasteiger charge is -2.44. The van der Waals surface area contributed by atoms with Gasteiger partial charge in [-0.2, -0.15) is 0 Å². The predicted octanol–water partition coefficient (Wildman–Crippen LogP) is 5.47. The Hall–Kier alpha value is -1.40. The fraction of sp³-hybridized carbons (Fsp3) is 0.333. The Morgan fingerprint density at radius 3 is 2.14 bits per heavy atom. The normalized spacial score (nSPS) is 18.3. The zero-order valence-electron chi connectivity index (χ0n) is 15.5. The molecule has 0 bridgehead atoms. The van der Waals surface area contributed by atoms with Gasteiger partial charge in [0.05, 0.1) is 14.9 Å². The molecule has 2 aromatic carbocycles. The first-order valence-corrected chi connectivity index (χ1v) is 11.5. The van der Waals surface area contributed by atoms with E-state index in [2.05, 4.69) is 0 Å². The highest BCUT2D eigenvalue weighted by Gasteiger charge is 2.47. The molecule has 0 radical (unpaired) electrons. The van der Waals surface area contributed by atoms with E-state index in [4.69, 9.17) is 34.8 Å². The Labute approximate surface area is 189 Å². The molecule has 8 heteroatoms. The Balaban J connectivity index is 1.47. The number of likely N-dealkylation sites (tertiary alicyclic amines) is 1. The van der Waals surface area contributed by atoms with Crippen LogP contribution >= 0.6 is 46.6 Å². The molecule has 0 aromatic heterocycles. The van der Waals surface area contributed by atoms with Gasteiger partial charge in [0, 0.05) is 41.5 Å². The predicted molar refractivity (Wildman–Crippen MR) is 119 cm³/mol. The summed E-state index contributed by atoms with van der Waals surface area (Å²) < 4.78 is 0. The highest BCUT2D eigenvalue weighted by Crippen LogP contribution is 2.44. The van der Waals surface area contributed by atoms with Crippen LogP contribution in [0.4, 0.5) is 0 Å². The van der Waals surface area contributed by atoms with Crippen molar-refractivity contribution in [1.29, 1.82) is 0 Å². The number of amides is 2. The summed E-state index contributed by atoms with van der Waals surface area (Å²) in [5.41, 5.74) is 1.18. The van der Waals surface area contributed by atoms with E-state index in [0.717, 1.165) is 18.6 Å². The molecule has 2 aliphatic heterocycles. The number of carbonyl (C=O) groups is 2. The number of hydrogen-bond donors (Lipinski definition) is 0. The molecule has 0 unspecified atom stereocenters. The van der Waals surface area contributed by atoms with E-state index in [1.165, 1.54) is 0 Å². The van der Waals surface area contributed by atoms with Gasteiger partial charge in [-0.25, -0.2) is 0 Å². The lowest BCUT2D eigenvalue weighted by Crippen LogP contribution is -2.53. The van der Waals surface area contributed by atoms with Gasteiger partial charge in [-0.1, -0.05) is 34.8 Å². The van der Waals surface area contributed by atoms with Gasteiger partial charge in [-0.3, -0.25) is 9.59 Å². The summed E-state index contributed by atoms with van der Waals surface area (Å²) in [5, 5.41) is 1.41. The molecule has 2 aromatic rings. The number of benzene rings is 2. The van der Waals surface area contributed by atoms with E-state index in [1.807, 2.05) is 21.6 Å². The third-order valence-corrected chi connectivity index (χ3v) is 8.06. The summed E-state index contributed by atoms with van der Waals surface area (Å²) in [4.78, 5) is 29.5. The van der Waals surface area contributed by atoms with Crippen molar-refractivity contribution in [1.82, 2.24) is 9.80 Å². The molecule has 0 aliphatic carbocycles. The van der Waals surface area contributed by atoms with Crippen LogP contribution in [0.3, 0.4) is 0 Å². The molecule has 4 nitrogen and oxygen atoms in total. The van der Waals surface area contributed by atoms with Crippen LogP contribution in [0.1, 0.15) is 33.6 Å². The molecule has 2 heterocycles. The number of hydrogen-bond acceptors (Lipinski definition) is 3. The first-order valence-electron chi connectivity index (χ1n) is 9.35. The summed E-state index contributed by atoms with van der Waals surface area (Å²) in [6.07, 6.45) is 1.48. The van der Waals surface area contributed by atoms with Crippen molar-refractivity contribution in [2.45, 2.75) is 17.7 Å². The molecule has 4 rings (SSSR count). The molecule has 2 amide bonds. The van der Waals surface area contributed by atoms with Crippen LogP contribution in [0.25, 0.3) is 0 Å². The summed E-state index contributed by atoms with van der Waals surface area (Å²) in [6, 6.07) is 12.0. The van der Waals surface area contributed by atoms with Crippen LogP contribution in [0.15, 0.2) is 42.5 Å². The molecule has 29 heavy (non-hydrogen) atoms. The molecular formula is C21H19Cl3N2O2S. The van der Waals surface area contributed by atoms with Gasteiger partial charge in [-0.15, -0.1) is 11.8 Å². The highest BCUT2D eigenvalue weighted by molar-refractivity contribution is 8.00.